The number of methoxy groups -OCH3 is 1. The van der Waals surface area contributed by atoms with E-state index in [4.69, 9.17) is 4.74 Å². The average Bonchev–Trinajstić information content (AvgIpc) is 3.27. The molecule has 1 amide bonds. The maximum absolute atomic E-state index is 13.3. The van der Waals surface area contributed by atoms with Crippen molar-refractivity contribution >= 4 is 27.5 Å². The van der Waals surface area contributed by atoms with Gasteiger partial charge in [-0.3, -0.25) is 4.79 Å². The van der Waals surface area contributed by atoms with Crippen LogP contribution in [0.2, 0.25) is 0 Å². The van der Waals surface area contributed by atoms with E-state index in [1.807, 2.05) is 34.9 Å². The van der Waals surface area contributed by atoms with E-state index < -0.39 is 0 Å². The van der Waals surface area contributed by atoms with Crippen LogP contribution in [0.25, 0.3) is 10.2 Å². The highest BCUT2D eigenvalue weighted by atomic mass is 32.1. The molecule has 1 N–H and O–H groups in total. The molecule has 0 saturated carbocycles. The summed E-state index contributed by atoms with van der Waals surface area (Å²) in [6.07, 6.45) is 0.682. The van der Waals surface area contributed by atoms with Crippen molar-refractivity contribution in [3.8, 4) is 5.75 Å². The summed E-state index contributed by atoms with van der Waals surface area (Å²) in [5.41, 5.74) is 3.64. The average molecular weight is 423 g/mol. The number of hydrogen-bond donors (Lipinski definition) is 1. The van der Waals surface area contributed by atoms with Gasteiger partial charge in [-0.15, -0.1) is 11.3 Å². The van der Waals surface area contributed by atoms with Crippen molar-refractivity contribution < 1.29 is 13.9 Å². The Bertz CT molecular complexity index is 1180. The quantitative estimate of drug-likeness (QED) is 0.446. The van der Waals surface area contributed by atoms with Crippen LogP contribution in [0.1, 0.15) is 26.5 Å². The predicted octanol–water partition coefficient (Wildman–Crippen LogP) is 5.18. The van der Waals surface area contributed by atoms with Crippen molar-refractivity contribution in [2.24, 2.45) is 0 Å². The molecule has 0 radical (unpaired) electrons. The Morgan fingerprint density at radius 2 is 1.90 bits per heavy atom. The third-order valence-corrected chi connectivity index (χ3v) is 6.06. The topological polar surface area (TPSA) is 43.3 Å². The van der Waals surface area contributed by atoms with Gasteiger partial charge in [-0.05, 0) is 54.8 Å². The van der Waals surface area contributed by atoms with Gasteiger partial charge >= 0.3 is 0 Å². The number of aromatic nitrogens is 1. The molecule has 0 saturated heterocycles. The molecule has 2 aromatic heterocycles. The number of amides is 1. The Kier molecular flexibility index (Phi) is 5.86. The summed E-state index contributed by atoms with van der Waals surface area (Å²) in [6.45, 7) is 3.07. The summed E-state index contributed by atoms with van der Waals surface area (Å²) in [7, 11) is 1.65. The highest BCUT2D eigenvalue weighted by Gasteiger charge is 2.17. The zero-order valence-electron chi connectivity index (χ0n) is 16.9. The highest BCUT2D eigenvalue weighted by Crippen LogP contribution is 2.29. The molecule has 4 rings (SSSR count). The number of carbonyl (C=O) groups excluding carboxylic acids is 1. The molecular formula is C24H23FN2O2S. The van der Waals surface area contributed by atoms with Gasteiger partial charge in [-0.2, -0.15) is 0 Å². The molecule has 0 unspecified atom stereocenters. The molecule has 2 aromatic carbocycles. The van der Waals surface area contributed by atoms with Crippen molar-refractivity contribution in [1.82, 2.24) is 9.88 Å². The number of ether oxygens (including phenoxy) is 1. The van der Waals surface area contributed by atoms with E-state index in [1.165, 1.54) is 17.0 Å². The second-order valence-corrected chi connectivity index (χ2v) is 8.45. The molecule has 6 heteroatoms. The van der Waals surface area contributed by atoms with E-state index in [9.17, 15) is 9.18 Å². The Balaban J connectivity index is 1.54. The van der Waals surface area contributed by atoms with E-state index in [-0.39, 0.29) is 11.7 Å². The van der Waals surface area contributed by atoms with Crippen molar-refractivity contribution in [2.75, 3.05) is 13.7 Å². The SMILES string of the molecule is COc1ccccc1CCNC(=O)c1cc2sc(C)cc2n1Cc1ccc(F)cc1. The number of hydrogen-bond acceptors (Lipinski definition) is 3. The number of benzene rings is 2. The molecule has 2 heterocycles. The summed E-state index contributed by atoms with van der Waals surface area (Å²) >= 11 is 1.67. The number of para-hydroxylation sites is 1. The first kappa shape index (κ1) is 20.2. The van der Waals surface area contributed by atoms with Crippen LogP contribution in [0.15, 0.2) is 60.7 Å². The Hall–Kier alpha value is -3.12. The van der Waals surface area contributed by atoms with Crippen LogP contribution in [0, 0.1) is 12.7 Å². The molecule has 4 aromatic rings. The molecule has 0 aliphatic heterocycles. The minimum absolute atomic E-state index is 0.118. The van der Waals surface area contributed by atoms with Crippen molar-refractivity contribution in [1.29, 1.82) is 0 Å². The van der Waals surface area contributed by atoms with Crippen molar-refractivity contribution in [3.05, 3.63) is 88.2 Å². The van der Waals surface area contributed by atoms with Crippen molar-refractivity contribution in [3.63, 3.8) is 0 Å². The summed E-state index contributed by atoms with van der Waals surface area (Å²) in [6, 6.07) is 18.2. The van der Waals surface area contributed by atoms with Gasteiger partial charge in [0.2, 0.25) is 0 Å². The van der Waals surface area contributed by atoms with Crippen LogP contribution in [0.5, 0.6) is 5.75 Å². The molecule has 0 aliphatic carbocycles. The second-order valence-electron chi connectivity index (χ2n) is 7.17. The van der Waals surface area contributed by atoms with Gasteiger partial charge in [-0.1, -0.05) is 30.3 Å². The predicted molar refractivity (Wildman–Crippen MR) is 119 cm³/mol. The first-order valence-electron chi connectivity index (χ1n) is 9.79. The molecule has 0 fully saturated rings. The molecular weight excluding hydrogens is 399 g/mol. The number of rotatable bonds is 7. The fourth-order valence-electron chi connectivity index (χ4n) is 3.61. The Labute approximate surface area is 178 Å². The smallest absolute Gasteiger partial charge is 0.267 e. The fraction of sp³-hybridized carbons (Fsp3) is 0.208. The monoisotopic (exact) mass is 422 g/mol. The molecule has 30 heavy (non-hydrogen) atoms. The number of thiophene rings is 1. The van der Waals surface area contributed by atoms with E-state index in [0.717, 1.165) is 27.1 Å². The second kappa shape index (κ2) is 8.71. The lowest BCUT2D eigenvalue weighted by Crippen LogP contribution is -2.28. The summed E-state index contributed by atoms with van der Waals surface area (Å²) in [5, 5.41) is 3.03. The standard InChI is InChI=1S/C24H23FN2O2S/c1-16-13-20-23(30-16)14-21(27(20)15-17-7-9-19(25)10-8-17)24(28)26-12-11-18-5-3-4-6-22(18)29-2/h3-10,13-14H,11-12,15H2,1-2H3,(H,26,28). The molecule has 0 atom stereocenters. The third-order valence-electron chi connectivity index (χ3n) is 5.07. The summed E-state index contributed by atoms with van der Waals surface area (Å²) in [4.78, 5) is 14.2. The lowest BCUT2D eigenvalue weighted by Gasteiger charge is -2.12. The van der Waals surface area contributed by atoms with E-state index in [2.05, 4.69) is 18.3 Å². The molecule has 154 valence electrons. The van der Waals surface area contributed by atoms with Crippen molar-refractivity contribution in [2.45, 2.75) is 19.9 Å². The minimum atomic E-state index is -0.267. The van der Waals surface area contributed by atoms with Crippen LogP contribution in [-0.2, 0) is 13.0 Å². The van der Waals surface area contributed by atoms with Gasteiger partial charge in [0, 0.05) is 18.0 Å². The first-order chi connectivity index (χ1) is 14.5. The number of carbonyl (C=O) groups is 1. The molecule has 0 aliphatic rings. The number of aryl methyl sites for hydroxylation is 1. The third kappa shape index (κ3) is 4.24. The number of fused-ring (bicyclic) bond motifs is 1. The first-order valence-corrected chi connectivity index (χ1v) is 10.6. The Morgan fingerprint density at radius 3 is 2.67 bits per heavy atom. The molecule has 0 bridgehead atoms. The number of nitrogens with one attached hydrogen (secondary N) is 1. The van der Waals surface area contributed by atoms with Gasteiger partial charge in [0.05, 0.1) is 17.3 Å². The molecule has 0 spiro atoms. The maximum atomic E-state index is 13.3. The van der Waals surface area contributed by atoms with Crippen LogP contribution in [0.4, 0.5) is 4.39 Å². The summed E-state index contributed by atoms with van der Waals surface area (Å²) < 4.78 is 21.7. The normalized spacial score (nSPS) is 11.0. The van der Waals surface area contributed by atoms with Gasteiger partial charge in [0.1, 0.15) is 17.3 Å². The van der Waals surface area contributed by atoms with Gasteiger partial charge in [-0.25, -0.2) is 4.39 Å². The largest absolute Gasteiger partial charge is 0.496 e. The maximum Gasteiger partial charge on any atom is 0.267 e. The number of nitrogens with zero attached hydrogens (tertiary/aromatic N) is 1. The van der Waals surface area contributed by atoms with Crippen LogP contribution >= 0.6 is 11.3 Å². The minimum Gasteiger partial charge on any atom is -0.496 e. The lowest BCUT2D eigenvalue weighted by molar-refractivity contribution is 0.0945. The van der Waals surface area contributed by atoms with Crippen LogP contribution < -0.4 is 10.1 Å². The highest BCUT2D eigenvalue weighted by molar-refractivity contribution is 7.19. The summed E-state index contributed by atoms with van der Waals surface area (Å²) in [5.74, 6) is 0.438. The number of halogens is 1. The Morgan fingerprint density at radius 1 is 1.13 bits per heavy atom. The van der Waals surface area contributed by atoms with E-state index in [1.54, 1.807) is 30.6 Å². The van der Waals surface area contributed by atoms with Crippen LogP contribution in [0.3, 0.4) is 0 Å². The van der Waals surface area contributed by atoms with E-state index in [0.29, 0.717) is 25.2 Å². The van der Waals surface area contributed by atoms with Gasteiger partial charge in [0.15, 0.2) is 0 Å². The lowest BCUT2D eigenvalue weighted by atomic mass is 10.1. The zero-order valence-corrected chi connectivity index (χ0v) is 17.8. The van der Waals surface area contributed by atoms with Gasteiger partial charge < -0.3 is 14.6 Å². The van der Waals surface area contributed by atoms with Gasteiger partial charge in [0.25, 0.3) is 5.91 Å². The van der Waals surface area contributed by atoms with Crippen LogP contribution in [-0.4, -0.2) is 24.1 Å². The van der Waals surface area contributed by atoms with E-state index >= 15 is 0 Å². The fourth-order valence-corrected chi connectivity index (χ4v) is 4.57. The molecule has 4 nitrogen and oxygen atoms in total. The zero-order chi connectivity index (χ0) is 21.1.